The van der Waals surface area contributed by atoms with Crippen LogP contribution in [0.1, 0.15) is 79.1 Å². The van der Waals surface area contributed by atoms with E-state index in [-0.39, 0.29) is 0 Å². The van der Waals surface area contributed by atoms with Crippen molar-refractivity contribution in [2.24, 2.45) is 0 Å². The second kappa shape index (κ2) is 14.8. The van der Waals surface area contributed by atoms with Crippen molar-refractivity contribution in [3.63, 3.8) is 0 Å². The van der Waals surface area contributed by atoms with Crippen LogP contribution in [0, 0.1) is 0 Å². The summed E-state index contributed by atoms with van der Waals surface area (Å²) in [7, 11) is 0. The van der Waals surface area contributed by atoms with E-state index in [9.17, 15) is 18.0 Å². The Morgan fingerprint density at radius 3 is 1.62 bits per heavy atom. The summed E-state index contributed by atoms with van der Waals surface area (Å²) >= 11 is -6.36. The van der Waals surface area contributed by atoms with Gasteiger partial charge in [-0.1, -0.05) is 0 Å². The molecule has 0 aliphatic rings. The van der Waals surface area contributed by atoms with Gasteiger partial charge in [-0.05, 0) is 0 Å². The molecule has 0 fully saturated rings. The molecule has 1 radical (unpaired) electrons. The molecule has 0 spiro atoms. The van der Waals surface area contributed by atoms with Gasteiger partial charge in [0.15, 0.2) is 0 Å². The van der Waals surface area contributed by atoms with Crippen LogP contribution in [-0.4, -0.2) is 51.5 Å². The van der Waals surface area contributed by atoms with Crippen LogP contribution in [0.4, 0.5) is 13.2 Å². The molecule has 0 unspecified atom stereocenters. The van der Waals surface area contributed by atoms with E-state index in [4.69, 9.17) is 4.49 Å². The quantitative estimate of drug-likeness (QED) is 0.197. The Bertz CT molecular complexity index is 363. The Kier molecular flexibility index (Phi) is 15.2. The molecule has 0 saturated heterocycles. The topological polar surface area (TPSA) is 35.5 Å². The van der Waals surface area contributed by atoms with E-state index in [0.29, 0.717) is 8.87 Å². The van der Waals surface area contributed by atoms with Crippen LogP contribution in [0.2, 0.25) is 17.7 Å². The number of alkyl halides is 3. The van der Waals surface area contributed by atoms with E-state index in [1.165, 1.54) is 0 Å². The van der Waals surface area contributed by atoms with E-state index >= 15 is 0 Å². The van der Waals surface area contributed by atoms with Crippen LogP contribution < -0.4 is 0 Å². The average molecular weight is 595 g/mol. The number of rotatable bonds is 15. The van der Waals surface area contributed by atoms with Gasteiger partial charge >= 0.3 is 171 Å². The predicted molar refractivity (Wildman–Crippen MR) is 104 cm³/mol. The molecule has 0 bridgehead atoms. The molecule has 155 valence electrons. The van der Waals surface area contributed by atoms with E-state index in [2.05, 4.69) is 13.8 Å². The van der Waals surface area contributed by atoms with Gasteiger partial charge in [0.25, 0.3) is 0 Å². The first-order valence-corrected chi connectivity index (χ1v) is 21.6. The SMILES string of the molecule is CCC[CH2][Sn]([CH2]CCC)[O][Sn]([CH2]CCC)([CH2]CCC)[O]C(=O)C(F)(F)F. The zero-order valence-electron chi connectivity index (χ0n) is 16.8. The summed E-state index contributed by atoms with van der Waals surface area (Å²) in [5, 5.41) is 0. The number of carbonyl (C=O) groups is 1. The molecule has 0 aromatic rings. The molecular formula is C18H36F3O3Sn2. The number of halogens is 3. The number of hydrogen-bond acceptors (Lipinski definition) is 3. The third-order valence-electron chi connectivity index (χ3n) is 4.28. The second-order valence-electron chi connectivity index (χ2n) is 6.85. The van der Waals surface area contributed by atoms with Gasteiger partial charge in [0.2, 0.25) is 0 Å². The summed E-state index contributed by atoms with van der Waals surface area (Å²) in [5.41, 5.74) is 0. The third kappa shape index (κ3) is 11.6. The van der Waals surface area contributed by atoms with Crippen LogP contribution in [0.15, 0.2) is 0 Å². The molecule has 0 amide bonds. The van der Waals surface area contributed by atoms with Gasteiger partial charge in [0, 0.05) is 0 Å². The van der Waals surface area contributed by atoms with Gasteiger partial charge in [-0.15, -0.1) is 0 Å². The number of carbonyl (C=O) groups excluding carboxylic acids is 1. The maximum atomic E-state index is 12.9. The van der Waals surface area contributed by atoms with Crippen molar-refractivity contribution < 1.29 is 22.5 Å². The minimum atomic E-state index is -4.93. The van der Waals surface area contributed by atoms with Crippen molar-refractivity contribution in [3.05, 3.63) is 0 Å². The van der Waals surface area contributed by atoms with E-state index in [0.717, 1.165) is 60.2 Å². The Balaban J connectivity index is 5.44. The van der Waals surface area contributed by atoms with Crippen LogP contribution in [-0.2, 0) is 9.28 Å². The van der Waals surface area contributed by atoms with Crippen LogP contribution >= 0.6 is 0 Å². The summed E-state index contributed by atoms with van der Waals surface area (Å²) in [6.07, 6.45) is 2.64. The number of unbranched alkanes of at least 4 members (excludes halogenated alkanes) is 4. The standard InChI is InChI=1S/4C4H9.C2HF3O2.O.2Sn/c4*1-3-4-2;3-2(4,5)1(6)7;;;/h4*1,3-4H2,2H3;(H,6,7);;;/q;;;;;;;+1/p-1. The molecule has 0 aromatic carbocycles. The number of hydrogen-bond donors (Lipinski definition) is 0. The predicted octanol–water partition coefficient (Wildman–Crippen LogP) is 6.74. The van der Waals surface area contributed by atoms with Crippen LogP contribution in [0.3, 0.4) is 0 Å². The normalized spacial score (nSPS) is 12.6. The molecule has 0 rings (SSSR count). The monoisotopic (exact) mass is 597 g/mol. The Labute approximate surface area is 170 Å². The van der Waals surface area contributed by atoms with Crippen molar-refractivity contribution in [2.45, 2.75) is 103 Å². The Morgan fingerprint density at radius 1 is 0.846 bits per heavy atom. The molecule has 0 aliphatic carbocycles. The summed E-state index contributed by atoms with van der Waals surface area (Å²) in [4.78, 5) is 11.7. The Hall–Kier alpha value is 0.817. The maximum absolute atomic E-state index is 12.9. The van der Waals surface area contributed by atoms with Crippen molar-refractivity contribution in [2.75, 3.05) is 0 Å². The van der Waals surface area contributed by atoms with E-state index < -0.39 is 51.5 Å². The fourth-order valence-corrected chi connectivity index (χ4v) is 36.8. The molecule has 0 saturated carbocycles. The molecule has 0 atom stereocenters. The summed E-state index contributed by atoms with van der Waals surface area (Å²) in [6.45, 7) is 8.26. The molecule has 8 heteroatoms. The van der Waals surface area contributed by atoms with Crippen LogP contribution in [0.25, 0.3) is 0 Å². The fraction of sp³-hybridized carbons (Fsp3) is 0.944. The van der Waals surface area contributed by atoms with Gasteiger partial charge in [-0.2, -0.15) is 0 Å². The first-order valence-electron chi connectivity index (χ1n) is 10.1. The van der Waals surface area contributed by atoms with Crippen LogP contribution in [0.5, 0.6) is 0 Å². The molecular weight excluding hydrogens is 559 g/mol. The van der Waals surface area contributed by atoms with Crippen molar-refractivity contribution in [3.8, 4) is 0 Å². The fourth-order valence-electron chi connectivity index (χ4n) is 2.71. The average Bonchev–Trinajstić information content (AvgIpc) is 2.59. The third-order valence-corrected chi connectivity index (χ3v) is 32.0. The van der Waals surface area contributed by atoms with Gasteiger partial charge in [0.1, 0.15) is 0 Å². The van der Waals surface area contributed by atoms with Gasteiger partial charge in [-0.25, -0.2) is 0 Å². The van der Waals surface area contributed by atoms with Gasteiger partial charge < -0.3 is 0 Å². The van der Waals surface area contributed by atoms with Gasteiger partial charge in [0.05, 0.1) is 0 Å². The first kappa shape index (κ1) is 26.8. The Morgan fingerprint density at radius 2 is 1.27 bits per heavy atom. The summed E-state index contributed by atoms with van der Waals surface area (Å²) in [5.74, 6) is -2.02. The minimum absolute atomic E-state index is 0.565. The molecule has 0 N–H and O–H groups in total. The molecule has 3 nitrogen and oxygen atoms in total. The molecule has 26 heavy (non-hydrogen) atoms. The van der Waals surface area contributed by atoms with Crippen molar-refractivity contribution in [1.29, 1.82) is 0 Å². The second-order valence-corrected chi connectivity index (χ2v) is 25.9. The van der Waals surface area contributed by atoms with Crippen molar-refractivity contribution in [1.82, 2.24) is 0 Å². The van der Waals surface area contributed by atoms with Crippen molar-refractivity contribution >= 4 is 45.3 Å². The summed E-state index contributed by atoms with van der Waals surface area (Å²) in [6, 6.07) is 0. The first-order chi connectivity index (χ1) is 12.2. The molecule has 0 aromatic heterocycles. The van der Waals surface area contributed by atoms with E-state index in [1.807, 2.05) is 13.8 Å². The van der Waals surface area contributed by atoms with Gasteiger partial charge in [-0.3, -0.25) is 0 Å². The van der Waals surface area contributed by atoms with E-state index in [1.54, 1.807) is 0 Å². The summed E-state index contributed by atoms with van der Waals surface area (Å²) < 4.78 is 53.7. The zero-order valence-corrected chi connectivity index (χ0v) is 22.6. The molecule has 0 aliphatic heterocycles. The zero-order chi connectivity index (χ0) is 20.1. The molecule has 0 heterocycles.